The summed E-state index contributed by atoms with van der Waals surface area (Å²) in [5.74, 6) is 0. The number of hydrogen-bond acceptors (Lipinski definition) is 0. The van der Waals surface area contributed by atoms with E-state index in [-0.39, 0.29) is 0 Å². The smallest absolute Gasteiger partial charge is 0.0618 e. The molecular weight excluding hydrogens is 605 g/mol. The molecule has 10 aromatic rings. The minimum absolute atomic E-state index is 1.14. The maximum atomic E-state index is 2.48. The van der Waals surface area contributed by atoms with Crippen molar-refractivity contribution < 1.29 is 0 Å². The molecule has 0 saturated carbocycles. The van der Waals surface area contributed by atoms with E-state index in [9.17, 15) is 0 Å². The van der Waals surface area contributed by atoms with Crippen LogP contribution in [0.15, 0.2) is 194 Å². The minimum atomic E-state index is 1.14. The lowest BCUT2D eigenvalue weighted by molar-refractivity contribution is 1.17. The van der Waals surface area contributed by atoms with Gasteiger partial charge in [-0.2, -0.15) is 0 Å². The summed E-state index contributed by atoms with van der Waals surface area (Å²) in [5.41, 5.74) is 14.2. The summed E-state index contributed by atoms with van der Waals surface area (Å²) in [6.07, 6.45) is 0. The third-order valence-electron chi connectivity index (χ3n) is 10.1. The van der Waals surface area contributed by atoms with E-state index < -0.39 is 0 Å². The molecule has 234 valence electrons. The Bertz CT molecular complexity index is 2750. The van der Waals surface area contributed by atoms with Crippen molar-refractivity contribution in [3.8, 4) is 44.8 Å². The predicted molar refractivity (Wildman–Crippen MR) is 211 cm³/mol. The first kappa shape index (κ1) is 28.4. The molecule has 8 aromatic carbocycles. The molecule has 2 heteroatoms. The first-order valence-corrected chi connectivity index (χ1v) is 17.2. The Hall–Kier alpha value is -6.64. The lowest BCUT2D eigenvalue weighted by Gasteiger charge is -2.20. The molecule has 0 radical (unpaired) electrons. The Morgan fingerprint density at radius 2 is 0.660 bits per heavy atom. The van der Waals surface area contributed by atoms with Gasteiger partial charge in [0.05, 0.1) is 27.8 Å². The average molecular weight is 637 g/mol. The molecule has 0 amide bonds. The van der Waals surface area contributed by atoms with E-state index in [0.717, 1.165) is 11.3 Å². The van der Waals surface area contributed by atoms with Gasteiger partial charge in [0.25, 0.3) is 0 Å². The zero-order chi connectivity index (χ0) is 33.0. The van der Waals surface area contributed by atoms with Crippen molar-refractivity contribution >= 4 is 43.6 Å². The highest BCUT2D eigenvalue weighted by molar-refractivity contribution is 6.11. The SMILES string of the molecule is c1ccc(-c2cc(-c3cccc(-c4ccccc4)c3-n3c4ccccc4c4ccccc43)cc(-n3c4ccccc4c4ccccc43)c2)cc1. The Morgan fingerprint density at radius 1 is 0.260 bits per heavy atom. The van der Waals surface area contributed by atoms with Gasteiger partial charge in [-0.25, -0.2) is 0 Å². The van der Waals surface area contributed by atoms with Crippen LogP contribution < -0.4 is 0 Å². The van der Waals surface area contributed by atoms with Crippen LogP contribution >= 0.6 is 0 Å². The molecule has 0 aliphatic carbocycles. The molecule has 2 nitrogen and oxygen atoms in total. The van der Waals surface area contributed by atoms with Gasteiger partial charge in [0, 0.05) is 38.4 Å². The number of benzene rings is 8. The molecule has 0 aliphatic heterocycles. The lowest BCUT2D eigenvalue weighted by atomic mass is 9.93. The summed E-state index contributed by atoms with van der Waals surface area (Å²) >= 11 is 0. The third-order valence-corrected chi connectivity index (χ3v) is 10.1. The van der Waals surface area contributed by atoms with Crippen LogP contribution in [-0.4, -0.2) is 9.13 Å². The molecule has 0 unspecified atom stereocenters. The lowest BCUT2D eigenvalue weighted by Crippen LogP contribution is -2.02. The number of fused-ring (bicyclic) bond motifs is 6. The van der Waals surface area contributed by atoms with Crippen molar-refractivity contribution in [2.24, 2.45) is 0 Å². The highest BCUT2D eigenvalue weighted by Gasteiger charge is 2.21. The van der Waals surface area contributed by atoms with Crippen LogP contribution in [0.25, 0.3) is 88.4 Å². The number of aromatic nitrogens is 2. The summed E-state index contributed by atoms with van der Waals surface area (Å²) in [6.45, 7) is 0. The average Bonchev–Trinajstić information content (AvgIpc) is 3.71. The van der Waals surface area contributed by atoms with Crippen molar-refractivity contribution in [1.29, 1.82) is 0 Å². The Labute approximate surface area is 290 Å². The van der Waals surface area contributed by atoms with Gasteiger partial charge in [-0.1, -0.05) is 152 Å². The van der Waals surface area contributed by atoms with Crippen LogP contribution in [-0.2, 0) is 0 Å². The number of rotatable bonds is 5. The molecule has 0 saturated heterocycles. The second kappa shape index (κ2) is 11.5. The zero-order valence-corrected chi connectivity index (χ0v) is 27.4. The van der Waals surface area contributed by atoms with Crippen LogP contribution in [0.2, 0.25) is 0 Å². The molecule has 0 aliphatic rings. The van der Waals surface area contributed by atoms with Crippen LogP contribution in [0.3, 0.4) is 0 Å². The summed E-state index contributed by atoms with van der Waals surface area (Å²) in [6, 6.07) is 70.5. The van der Waals surface area contributed by atoms with Crippen molar-refractivity contribution in [2.45, 2.75) is 0 Å². The highest BCUT2D eigenvalue weighted by Crippen LogP contribution is 2.43. The summed E-state index contributed by atoms with van der Waals surface area (Å²) in [7, 11) is 0. The first-order chi connectivity index (χ1) is 24.8. The highest BCUT2D eigenvalue weighted by atomic mass is 15.0. The maximum absolute atomic E-state index is 2.48. The van der Waals surface area contributed by atoms with E-state index in [4.69, 9.17) is 0 Å². The Morgan fingerprint density at radius 3 is 1.18 bits per heavy atom. The fourth-order valence-corrected chi connectivity index (χ4v) is 7.93. The van der Waals surface area contributed by atoms with Crippen LogP contribution in [0, 0.1) is 0 Å². The van der Waals surface area contributed by atoms with Gasteiger partial charge in [0.2, 0.25) is 0 Å². The standard InChI is InChI=1S/C48H32N2/c1-3-16-33(17-4-1)35-30-36(32-37(31-35)49-44-26-11-7-20-40(44)41-21-8-12-27-45(41)49)39-25-15-24-38(34-18-5-2-6-19-34)48(39)50-46-28-13-9-22-42(46)43-23-10-14-29-47(43)50/h1-32H. The molecule has 10 rings (SSSR count). The summed E-state index contributed by atoms with van der Waals surface area (Å²) < 4.78 is 4.92. The van der Waals surface area contributed by atoms with Crippen LogP contribution in [0.1, 0.15) is 0 Å². The second-order valence-corrected chi connectivity index (χ2v) is 12.9. The zero-order valence-electron chi connectivity index (χ0n) is 27.4. The van der Waals surface area contributed by atoms with Crippen molar-refractivity contribution in [3.63, 3.8) is 0 Å². The fourth-order valence-electron chi connectivity index (χ4n) is 7.93. The Balaban J connectivity index is 1.34. The van der Waals surface area contributed by atoms with Crippen molar-refractivity contribution in [3.05, 3.63) is 194 Å². The van der Waals surface area contributed by atoms with Crippen molar-refractivity contribution in [1.82, 2.24) is 9.13 Å². The molecule has 0 N–H and O–H groups in total. The van der Waals surface area contributed by atoms with Gasteiger partial charge < -0.3 is 9.13 Å². The van der Waals surface area contributed by atoms with Gasteiger partial charge in [0.15, 0.2) is 0 Å². The van der Waals surface area contributed by atoms with Crippen LogP contribution in [0.5, 0.6) is 0 Å². The molecular formula is C48H32N2. The van der Waals surface area contributed by atoms with E-state index in [1.165, 1.54) is 77.1 Å². The molecule has 0 fully saturated rings. The quantitative estimate of drug-likeness (QED) is 0.178. The normalized spacial score (nSPS) is 11.6. The van der Waals surface area contributed by atoms with Crippen LogP contribution in [0.4, 0.5) is 0 Å². The predicted octanol–water partition coefficient (Wildman–Crippen LogP) is 12.9. The van der Waals surface area contributed by atoms with E-state index in [1.807, 2.05) is 0 Å². The number of para-hydroxylation sites is 5. The fraction of sp³-hybridized carbons (Fsp3) is 0. The number of nitrogens with zero attached hydrogens (tertiary/aromatic N) is 2. The Kier molecular flexibility index (Phi) is 6.53. The van der Waals surface area contributed by atoms with E-state index in [1.54, 1.807) is 0 Å². The topological polar surface area (TPSA) is 9.86 Å². The monoisotopic (exact) mass is 636 g/mol. The molecule has 0 spiro atoms. The van der Waals surface area contributed by atoms with Gasteiger partial charge >= 0.3 is 0 Å². The first-order valence-electron chi connectivity index (χ1n) is 17.2. The van der Waals surface area contributed by atoms with Gasteiger partial charge in [-0.05, 0) is 64.7 Å². The van der Waals surface area contributed by atoms with Gasteiger partial charge in [0.1, 0.15) is 0 Å². The van der Waals surface area contributed by atoms with Gasteiger partial charge in [-0.3, -0.25) is 0 Å². The minimum Gasteiger partial charge on any atom is -0.309 e. The second-order valence-electron chi connectivity index (χ2n) is 12.9. The number of hydrogen-bond donors (Lipinski definition) is 0. The molecule has 50 heavy (non-hydrogen) atoms. The molecule has 2 aromatic heterocycles. The van der Waals surface area contributed by atoms with Gasteiger partial charge in [-0.15, -0.1) is 0 Å². The van der Waals surface area contributed by atoms with E-state index in [0.29, 0.717) is 0 Å². The van der Waals surface area contributed by atoms with E-state index in [2.05, 4.69) is 203 Å². The molecule has 2 heterocycles. The summed E-state index contributed by atoms with van der Waals surface area (Å²) in [4.78, 5) is 0. The third kappa shape index (κ3) is 4.43. The molecule has 0 atom stereocenters. The molecule has 0 bridgehead atoms. The summed E-state index contributed by atoms with van der Waals surface area (Å²) in [5, 5.41) is 5.01. The van der Waals surface area contributed by atoms with Crippen molar-refractivity contribution in [2.75, 3.05) is 0 Å². The van der Waals surface area contributed by atoms with E-state index >= 15 is 0 Å². The maximum Gasteiger partial charge on any atom is 0.0618 e. The largest absolute Gasteiger partial charge is 0.309 e.